The summed E-state index contributed by atoms with van der Waals surface area (Å²) >= 11 is 0. The molecule has 2 atom stereocenters. The van der Waals surface area contributed by atoms with Gasteiger partial charge >= 0.3 is 6.09 Å². The van der Waals surface area contributed by atoms with Crippen LogP contribution in [0.5, 0.6) is 0 Å². The van der Waals surface area contributed by atoms with E-state index in [1.54, 1.807) is 12.1 Å². The van der Waals surface area contributed by atoms with Crippen LogP contribution in [0.3, 0.4) is 0 Å². The van der Waals surface area contributed by atoms with E-state index in [1.165, 1.54) is 11.1 Å². The zero-order chi connectivity index (χ0) is 19.8. The Balaban J connectivity index is 1.89. The lowest BCUT2D eigenvalue weighted by Gasteiger charge is -2.31. The standard InChI is InChI=1S/C21H28N2O4/c1-5-14-12-17-10-11-18(22(17)20(24)27-21(2,3)4)13-19(14)15-6-8-16(9-7-15)23(25)26/h6-9,17-18H,5,10-13H2,1-4H3. The second kappa shape index (κ2) is 7.33. The van der Waals surface area contributed by atoms with Gasteiger partial charge in [0, 0.05) is 24.2 Å². The van der Waals surface area contributed by atoms with Crippen molar-refractivity contribution < 1.29 is 14.5 Å². The minimum Gasteiger partial charge on any atom is -0.444 e. The maximum absolute atomic E-state index is 12.8. The van der Waals surface area contributed by atoms with Crippen LogP contribution in [0.25, 0.3) is 5.57 Å². The van der Waals surface area contributed by atoms with Crippen molar-refractivity contribution in [2.24, 2.45) is 0 Å². The second-order valence-corrected chi connectivity index (χ2v) is 8.42. The van der Waals surface area contributed by atoms with Gasteiger partial charge in [-0.2, -0.15) is 0 Å². The molecule has 0 aliphatic carbocycles. The Kier molecular flexibility index (Phi) is 5.27. The highest BCUT2D eigenvalue weighted by molar-refractivity contribution is 5.74. The van der Waals surface area contributed by atoms with Crippen LogP contribution >= 0.6 is 0 Å². The molecule has 1 fully saturated rings. The van der Waals surface area contributed by atoms with E-state index in [-0.39, 0.29) is 28.8 Å². The van der Waals surface area contributed by atoms with E-state index in [4.69, 9.17) is 4.74 Å². The normalized spacial score (nSPS) is 22.6. The van der Waals surface area contributed by atoms with Crippen molar-refractivity contribution in [3.05, 3.63) is 45.5 Å². The van der Waals surface area contributed by atoms with Crippen molar-refractivity contribution in [2.75, 3.05) is 0 Å². The Morgan fingerprint density at radius 2 is 1.78 bits per heavy atom. The summed E-state index contributed by atoms with van der Waals surface area (Å²) in [5, 5.41) is 10.9. The summed E-state index contributed by atoms with van der Waals surface area (Å²) in [7, 11) is 0. The number of benzene rings is 1. The number of carbonyl (C=O) groups excluding carboxylic acids is 1. The number of hydrogen-bond acceptors (Lipinski definition) is 4. The van der Waals surface area contributed by atoms with Crippen molar-refractivity contribution >= 4 is 17.4 Å². The van der Waals surface area contributed by atoms with E-state index in [2.05, 4.69) is 6.92 Å². The summed E-state index contributed by atoms with van der Waals surface area (Å²) in [4.78, 5) is 25.3. The molecule has 2 bridgehead atoms. The lowest BCUT2D eigenvalue weighted by molar-refractivity contribution is -0.384. The first-order valence-electron chi connectivity index (χ1n) is 9.66. The van der Waals surface area contributed by atoms with Crippen LogP contribution in [0.15, 0.2) is 29.8 Å². The minimum atomic E-state index is -0.509. The fourth-order valence-corrected chi connectivity index (χ4v) is 4.23. The zero-order valence-corrected chi connectivity index (χ0v) is 16.5. The Bertz CT molecular complexity index is 761. The number of hydrogen-bond donors (Lipinski definition) is 0. The first-order valence-corrected chi connectivity index (χ1v) is 9.66. The van der Waals surface area contributed by atoms with Crippen LogP contribution in [-0.2, 0) is 4.74 Å². The summed E-state index contributed by atoms with van der Waals surface area (Å²) in [6.07, 6.45) is 4.28. The smallest absolute Gasteiger partial charge is 0.410 e. The highest BCUT2D eigenvalue weighted by Crippen LogP contribution is 2.42. The monoisotopic (exact) mass is 372 g/mol. The lowest BCUT2D eigenvalue weighted by Crippen LogP contribution is -2.43. The molecule has 3 rings (SSSR count). The number of rotatable bonds is 3. The van der Waals surface area contributed by atoms with Gasteiger partial charge in [-0.25, -0.2) is 4.79 Å². The summed E-state index contributed by atoms with van der Waals surface area (Å²) in [5.41, 5.74) is 3.18. The molecule has 6 nitrogen and oxygen atoms in total. The van der Waals surface area contributed by atoms with Gasteiger partial charge in [0.05, 0.1) is 4.92 Å². The Labute approximate surface area is 160 Å². The number of fused-ring (bicyclic) bond motifs is 2. The van der Waals surface area contributed by atoms with Crippen LogP contribution < -0.4 is 0 Å². The van der Waals surface area contributed by atoms with Crippen molar-refractivity contribution in [3.8, 4) is 0 Å². The third-order valence-electron chi connectivity index (χ3n) is 5.43. The molecule has 1 amide bonds. The number of nitrogens with zero attached hydrogens (tertiary/aromatic N) is 2. The van der Waals surface area contributed by atoms with Crippen LogP contribution in [-0.4, -0.2) is 33.6 Å². The average molecular weight is 372 g/mol. The van der Waals surface area contributed by atoms with Crippen LogP contribution in [0.4, 0.5) is 10.5 Å². The molecule has 1 aromatic carbocycles. The zero-order valence-electron chi connectivity index (χ0n) is 16.5. The van der Waals surface area contributed by atoms with E-state index in [9.17, 15) is 14.9 Å². The molecule has 146 valence electrons. The van der Waals surface area contributed by atoms with Crippen molar-refractivity contribution in [2.45, 2.75) is 77.5 Å². The number of non-ortho nitro benzene ring substituents is 1. The maximum Gasteiger partial charge on any atom is 0.410 e. The first-order chi connectivity index (χ1) is 12.7. The highest BCUT2D eigenvalue weighted by atomic mass is 16.6. The maximum atomic E-state index is 12.8. The fourth-order valence-electron chi connectivity index (χ4n) is 4.23. The second-order valence-electron chi connectivity index (χ2n) is 8.42. The molecule has 0 saturated carbocycles. The number of nitro benzene ring substituents is 1. The van der Waals surface area contributed by atoms with Gasteiger partial charge in [0.2, 0.25) is 0 Å². The molecule has 0 radical (unpaired) electrons. The van der Waals surface area contributed by atoms with Crippen molar-refractivity contribution in [1.82, 2.24) is 4.90 Å². The van der Waals surface area contributed by atoms with Gasteiger partial charge in [0.1, 0.15) is 5.60 Å². The van der Waals surface area contributed by atoms with Gasteiger partial charge in [-0.05, 0) is 76.1 Å². The Morgan fingerprint density at radius 3 is 2.30 bits per heavy atom. The molecule has 0 aromatic heterocycles. The minimum absolute atomic E-state index is 0.0999. The summed E-state index contributed by atoms with van der Waals surface area (Å²) in [6, 6.07) is 7.09. The third kappa shape index (κ3) is 4.15. The van der Waals surface area contributed by atoms with Crippen LogP contribution in [0, 0.1) is 10.1 Å². The molecule has 2 aliphatic rings. The summed E-state index contributed by atoms with van der Waals surface area (Å²) in [5.74, 6) is 0. The lowest BCUT2D eigenvalue weighted by atomic mass is 9.88. The predicted octanol–water partition coefficient (Wildman–Crippen LogP) is 5.32. The van der Waals surface area contributed by atoms with E-state index in [0.29, 0.717) is 0 Å². The van der Waals surface area contributed by atoms with E-state index >= 15 is 0 Å². The molecule has 0 spiro atoms. The largest absolute Gasteiger partial charge is 0.444 e. The third-order valence-corrected chi connectivity index (χ3v) is 5.43. The first kappa shape index (κ1) is 19.4. The summed E-state index contributed by atoms with van der Waals surface area (Å²) in [6.45, 7) is 7.81. The van der Waals surface area contributed by atoms with Crippen molar-refractivity contribution in [3.63, 3.8) is 0 Å². The number of amides is 1. The molecule has 27 heavy (non-hydrogen) atoms. The van der Waals surface area contributed by atoms with Crippen LogP contribution in [0.2, 0.25) is 0 Å². The molecule has 0 N–H and O–H groups in total. The topological polar surface area (TPSA) is 72.7 Å². The molecule has 2 aliphatic heterocycles. The molecular formula is C21H28N2O4. The van der Waals surface area contributed by atoms with Gasteiger partial charge in [0.15, 0.2) is 0 Å². The summed E-state index contributed by atoms with van der Waals surface area (Å²) < 4.78 is 5.66. The van der Waals surface area contributed by atoms with Gasteiger partial charge in [-0.1, -0.05) is 12.5 Å². The average Bonchev–Trinajstić information content (AvgIpc) is 2.89. The predicted molar refractivity (Wildman–Crippen MR) is 104 cm³/mol. The van der Waals surface area contributed by atoms with E-state index in [0.717, 1.165) is 37.7 Å². The Hall–Kier alpha value is -2.37. The van der Waals surface area contributed by atoms with Gasteiger partial charge < -0.3 is 9.64 Å². The van der Waals surface area contributed by atoms with E-state index < -0.39 is 5.60 Å². The molecule has 6 heteroatoms. The number of nitro groups is 1. The molecule has 2 heterocycles. The molecule has 1 aromatic rings. The van der Waals surface area contributed by atoms with Crippen molar-refractivity contribution in [1.29, 1.82) is 0 Å². The number of carbonyl (C=O) groups is 1. The van der Waals surface area contributed by atoms with Gasteiger partial charge in [-0.15, -0.1) is 0 Å². The van der Waals surface area contributed by atoms with Gasteiger partial charge in [-0.3, -0.25) is 10.1 Å². The quantitative estimate of drug-likeness (QED) is 0.532. The SMILES string of the molecule is CCC1=C(c2ccc([N+](=O)[O-])cc2)CC2CCC(C1)N2C(=O)OC(C)(C)C. The molecular weight excluding hydrogens is 344 g/mol. The van der Waals surface area contributed by atoms with Gasteiger partial charge in [0.25, 0.3) is 5.69 Å². The fraction of sp³-hybridized carbons (Fsp3) is 0.571. The van der Waals surface area contributed by atoms with E-state index in [1.807, 2.05) is 37.8 Å². The number of ether oxygens (including phenoxy) is 1. The highest BCUT2D eigenvalue weighted by Gasteiger charge is 2.42. The van der Waals surface area contributed by atoms with Crippen LogP contribution in [0.1, 0.15) is 65.4 Å². The molecule has 1 saturated heterocycles. The Morgan fingerprint density at radius 1 is 1.19 bits per heavy atom. The molecule has 2 unspecified atom stereocenters.